The summed E-state index contributed by atoms with van der Waals surface area (Å²) in [6, 6.07) is 18.2. The number of amides is 1. The number of carbonyl (C=O) groups is 1. The lowest BCUT2D eigenvalue weighted by Crippen LogP contribution is -2.28. The molecule has 0 aliphatic rings. The zero-order valence-corrected chi connectivity index (χ0v) is 13.2. The summed E-state index contributed by atoms with van der Waals surface area (Å²) in [7, 11) is 3.81. The smallest absolute Gasteiger partial charge is 0.270 e. The molecule has 3 heteroatoms. The van der Waals surface area contributed by atoms with Gasteiger partial charge < -0.3 is 9.47 Å². The maximum Gasteiger partial charge on any atom is 0.270 e. The standard InChI is InChI=1S/C19H20N2O/c1-14-16-11-7-8-12-17(16)21(3)18(14)19(22)20(2)13-15-9-5-4-6-10-15/h4-12H,13H2,1-3H3. The molecule has 0 saturated heterocycles. The lowest BCUT2D eigenvalue weighted by Gasteiger charge is -2.18. The molecule has 0 spiro atoms. The molecule has 2 aromatic carbocycles. The van der Waals surface area contributed by atoms with Crippen LogP contribution in [-0.4, -0.2) is 22.4 Å². The van der Waals surface area contributed by atoms with Gasteiger partial charge in [-0.2, -0.15) is 0 Å². The van der Waals surface area contributed by atoms with Crippen molar-refractivity contribution in [1.82, 2.24) is 9.47 Å². The molecular weight excluding hydrogens is 272 g/mol. The molecule has 0 atom stereocenters. The van der Waals surface area contributed by atoms with Gasteiger partial charge in [-0.25, -0.2) is 0 Å². The van der Waals surface area contributed by atoms with E-state index < -0.39 is 0 Å². The molecule has 1 aromatic heterocycles. The third-order valence-electron chi connectivity index (χ3n) is 4.17. The van der Waals surface area contributed by atoms with E-state index in [1.807, 2.05) is 68.1 Å². The van der Waals surface area contributed by atoms with Crippen LogP contribution in [0, 0.1) is 6.92 Å². The lowest BCUT2D eigenvalue weighted by molar-refractivity contribution is 0.0775. The molecule has 0 aliphatic heterocycles. The molecule has 0 bridgehead atoms. The Morgan fingerprint density at radius 3 is 2.36 bits per heavy atom. The summed E-state index contributed by atoms with van der Waals surface area (Å²) in [4.78, 5) is 14.6. The van der Waals surface area contributed by atoms with Gasteiger partial charge in [0.05, 0.1) is 0 Å². The summed E-state index contributed by atoms with van der Waals surface area (Å²) >= 11 is 0. The fraction of sp³-hybridized carbons (Fsp3) is 0.211. The van der Waals surface area contributed by atoms with Crippen molar-refractivity contribution < 1.29 is 4.79 Å². The third kappa shape index (κ3) is 2.39. The molecule has 0 unspecified atom stereocenters. The summed E-state index contributed by atoms with van der Waals surface area (Å²) in [5.74, 6) is 0.0556. The van der Waals surface area contributed by atoms with Gasteiger partial charge in [-0.15, -0.1) is 0 Å². The monoisotopic (exact) mass is 292 g/mol. The van der Waals surface area contributed by atoms with Crippen LogP contribution in [0.1, 0.15) is 21.6 Å². The van der Waals surface area contributed by atoms with E-state index >= 15 is 0 Å². The molecular formula is C19H20N2O. The van der Waals surface area contributed by atoms with Gasteiger partial charge in [-0.3, -0.25) is 4.79 Å². The zero-order chi connectivity index (χ0) is 15.7. The van der Waals surface area contributed by atoms with Crippen LogP contribution >= 0.6 is 0 Å². The average molecular weight is 292 g/mol. The lowest BCUT2D eigenvalue weighted by atomic mass is 10.1. The number of nitrogens with zero attached hydrogens (tertiary/aromatic N) is 2. The highest BCUT2D eigenvalue weighted by Crippen LogP contribution is 2.25. The predicted octanol–water partition coefficient (Wildman–Crippen LogP) is 3.76. The van der Waals surface area contributed by atoms with Crippen LogP contribution in [0.25, 0.3) is 10.9 Å². The molecule has 22 heavy (non-hydrogen) atoms. The summed E-state index contributed by atoms with van der Waals surface area (Å²) < 4.78 is 1.99. The fourth-order valence-electron chi connectivity index (χ4n) is 3.00. The van der Waals surface area contributed by atoms with E-state index in [0.717, 1.165) is 27.7 Å². The largest absolute Gasteiger partial charge is 0.339 e. The zero-order valence-electron chi connectivity index (χ0n) is 13.2. The number of rotatable bonds is 3. The van der Waals surface area contributed by atoms with Crippen molar-refractivity contribution >= 4 is 16.8 Å². The van der Waals surface area contributed by atoms with Gasteiger partial charge in [0.25, 0.3) is 5.91 Å². The minimum Gasteiger partial charge on any atom is -0.339 e. The Hall–Kier alpha value is -2.55. The molecule has 3 rings (SSSR count). The van der Waals surface area contributed by atoms with Gasteiger partial charge in [0.15, 0.2) is 0 Å². The van der Waals surface area contributed by atoms with Crippen LogP contribution in [0.3, 0.4) is 0 Å². The van der Waals surface area contributed by atoms with Crippen LogP contribution in [0.5, 0.6) is 0 Å². The molecule has 1 heterocycles. The Kier molecular flexibility index (Phi) is 3.72. The van der Waals surface area contributed by atoms with Crippen LogP contribution in [-0.2, 0) is 13.6 Å². The first-order chi connectivity index (χ1) is 10.6. The fourth-order valence-corrected chi connectivity index (χ4v) is 3.00. The van der Waals surface area contributed by atoms with E-state index in [2.05, 4.69) is 12.1 Å². The van der Waals surface area contributed by atoms with Crippen molar-refractivity contribution in [2.45, 2.75) is 13.5 Å². The van der Waals surface area contributed by atoms with Crippen molar-refractivity contribution in [3.05, 3.63) is 71.4 Å². The molecule has 0 fully saturated rings. The highest BCUT2D eigenvalue weighted by atomic mass is 16.2. The Labute approximate surface area is 130 Å². The van der Waals surface area contributed by atoms with E-state index in [1.165, 1.54) is 0 Å². The number of benzene rings is 2. The SMILES string of the molecule is Cc1c(C(=O)N(C)Cc2ccccc2)n(C)c2ccccc12. The molecule has 0 saturated carbocycles. The van der Waals surface area contributed by atoms with Gasteiger partial charge in [-0.1, -0.05) is 48.5 Å². The van der Waals surface area contributed by atoms with Crippen molar-refractivity contribution in [1.29, 1.82) is 0 Å². The molecule has 1 amide bonds. The highest BCUT2D eigenvalue weighted by Gasteiger charge is 2.21. The number of hydrogen-bond acceptors (Lipinski definition) is 1. The van der Waals surface area contributed by atoms with Crippen LogP contribution in [0.2, 0.25) is 0 Å². The predicted molar refractivity (Wildman–Crippen MR) is 89.9 cm³/mol. The highest BCUT2D eigenvalue weighted by molar-refractivity contribution is 6.01. The summed E-state index contributed by atoms with van der Waals surface area (Å²) in [6.45, 7) is 2.63. The van der Waals surface area contributed by atoms with E-state index in [9.17, 15) is 4.79 Å². The van der Waals surface area contributed by atoms with Gasteiger partial charge in [0.1, 0.15) is 5.69 Å². The van der Waals surface area contributed by atoms with Gasteiger partial charge in [0.2, 0.25) is 0 Å². The maximum atomic E-state index is 12.9. The van der Waals surface area contributed by atoms with E-state index in [4.69, 9.17) is 0 Å². The van der Waals surface area contributed by atoms with E-state index in [1.54, 1.807) is 4.90 Å². The second-order valence-corrected chi connectivity index (χ2v) is 5.70. The summed E-state index contributed by atoms with van der Waals surface area (Å²) in [5, 5.41) is 1.14. The Morgan fingerprint density at radius 1 is 1.05 bits per heavy atom. The van der Waals surface area contributed by atoms with E-state index in [-0.39, 0.29) is 5.91 Å². The number of hydrogen-bond donors (Lipinski definition) is 0. The van der Waals surface area contributed by atoms with Gasteiger partial charge >= 0.3 is 0 Å². The molecule has 0 N–H and O–H groups in total. The van der Waals surface area contributed by atoms with Crippen LogP contribution < -0.4 is 0 Å². The minimum absolute atomic E-state index is 0.0556. The van der Waals surface area contributed by atoms with Crippen molar-refractivity contribution in [3.63, 3.8) is 0 Å². The number of fused-ring (bicyclic) bond motifs is 1. The molecule has 112 valence electrons. The Balaban J connectivity index is 1.95. The summed E-state index contributed by atoms with van der Waals surface area (Å²) in [6.07, 6.45) is 0. The van der Waals surface area contributed by atoms with Crippen LogP contribution in [0.15, 0.2) is 54.6 Å². The molecule has 3 aromatic rings. The summed E-state index contributed by atoms with van der Waals surface area (Å²) in [5.41, 5.74) is 4.04. The van der Waals surface area contributed by atoms with Crippen molar-refractivity contribution in [3.8, 4) is 0 Å². The molecule has 0 aliphatic carbocycles. The number of carbonyl (C=O) groups excluding carboxylic acids is 1. The Bertz CT molecular complexity index is 779. The first-order valence-electron chi connectivity index (χ1n) is 7.43. The second kappa shape index (κ2) is 5.68. The topological polar surface area (TPSA) is 25.2 Å². The third-order valence-corrected chi connectivity index (χ3v) is 4.17. The number of para-hydroxylation sites is 1. The first-order valence-corrected chi connectivity index (χ1v) is 7.43. The first kappa shape index (κ1) is 14.4. The van der Waals surface area contributed by atoms with Crippen molar-refractivity contribution in [2.24, 2.45) is 7.05 Å². The van der Waals surface area contributed by atoms with Gasteiger partial charge in [0, 0.05) is 31.5 Å². The van der Waals surface area contributed by atoms with E-state index in [0.29, 0.717) is 6.54 Å². The normalized spacial score (nSPS) is 10.9. The van der Waals surface area contributed by atoms with Crippen molar-refractivity contribution in [2.75, 3.05) is 7.05 Å². The minimum atomic E-state index is 0.0556. The van der Waals surface area contributed by atoms with Crippen LogP contribution in [0.4, 0.5) is 0 Å². The number of aryl methyl sites for hydroxylation is 2. The average Bonchev–Trinajstić information content (AvgIpc) is 2.79. The molecule has 0 radical (unpaired) electrons. The molecule has 3 nitrogen and oxygen atoms in total. The quantitative estimate of drug-likeness (QED) is 0.721. The second-order valence-electron chi connectivity index (χ2n) is 5.70. The van der Waals surface area contributed by atoms with Gasteiger partial charge in [-0.05, 0) is 24.1 Å². The number of aromatic nitrogens is 1. The maximum absolute atomic E-state index is 12.9. The Morgan fingerprint density at radius 2 is 1.68 bits per heavy atom.